The summed E-state index contributed by atoms with van der Waals surface area (Å²) in [5.74, 6) is -0.482. The van der Waals surface area contributed by atoms with Crippen LogP contribution in [0.15, 0.2) is 24.3 Å². The Labute approximate surface area is 145 Å². The third-order valence-corrected chi connectivity index (χ3v) is 4.63. The van der Waals surface area contributed by atoms with Crippen molar-refractivity contribution in [2.75, 3.05) is 0 Å². The van der Waals surface area contributed by atoms with Gasteiger partial charge in [0, 0.05) is 18.3 Å². The molecule has 4 nitrogen and oxygen atoms in total. The van der Waals surface area contributed by atoms with E-state index in [1.165, 1.54) is 0 Å². The number of hydrogen-bond acceptors (Lipinski definition) is 3. The molecule has 3 atom stereocenters. The highest BCUT2D eigenvalue weighted by atomic mass is 16.4. The summed E-state index contributed by atoms with van der Waals surface area (Å²) >= 11 is 0. The Balaban J connectivity index is 2.29. The second-order valence-electron chi connectivity index (χ2n) is 6.74. The smallest absolute Gasteiger partial charge is 0.303 e. The molecular formula is C20H32O4. The second kappa shape index (κ2) is 12.0. The van der Waals surface area contributed by atoms with E-state index < -0.39 is 12.1 Å². The fraction of sp³-hybridized carbons (Fsp3) is 0.700. The quantitative estimate of drug-likeness (QED) is 0.389. The van der Waals surface area contributed by atoms with E-state index in [1.807, 2.05) is 18.2 Å². The molecule has 136 valence electrons. The Kier molecular flexibility index (Phi) is 10.3. The van der Waals surface area contributed by atoms with Crippen LogP contribution < -0.4 is 0 Å². The molecule has 4 heteroatoms. The number of carboxylic acids is 1. The molecule has 0 radical (unpaired) electrons. The molecule has 1 unspecified atom stereocenters. The summed E-state index contributed by atoms with van der Waals surface area (Å²) in [6.07, 6.45) is 15.7. The first kappa shape index (κ1) is 20.6. The van der Waals surface area contributed by atoms with Gasteiger partial charge in [-0.15, -0.1) is 0 Å². The molecule has 0 saturated carbocycles. The summed E-state index contributed by atoms with van der Waals surface area (Å²) in [7, 11) is 0. The average Bonchev–Trinajstić information content (AvgIpc) is 2.89. The van der Waals surface area contributed by atoms with Gasteiger partial charge in [-0.2, -0.15) is 0 Å². The zero-order chi connectivity index (χ0) is 17.8. The molecule has 0 aromatic rings. The summed E-state index contributed by atoms with van der Waals surface area (Å²) in [6, 6.07) is 0. The number of carbonyl (C=O) groups excluding carboxylic acids is 1. The number of rotatable bonds is 13. The van der Waals surface area contributed by atoms with E-state index in [-0.39, 0.29) is 24.0 Å². The molecular weight excluding hydrogens is 304 g/mol. The molecule has 0 heterocycles. The number of ketones is 1. The predicted octanol–water partition coefficient (Wildman–Crippen LogP) is 4.28. The van der Waals surface area contributed by atoms with Crippen LogP contribution in [0.3, 0.4) is 0 Å². The molecule has 0 aromatic heterocycles. The number of allylic oxidation sites excluding steroid dienone is 3. The van der Waals surface area contributed by atoms with Crippen LogP contribution in [-0.2, 0) is 9.59 Å². The Hall–Kier alpha value is -1.42. The number of aliphatic hydroxyl groups excluding tert-OH is 1. The number of carboxylic acid groups (broad SMARTS) is 1. The summed E-state index contributed by atoms with van der Waals surface area (Å²) in [5.41, 5.74) is 0. The average molecular weight is 336 g/mol. The molecule has 2 N–H and O–H groups in total. The first-order valence-electron chi connectivity index (χ1n) is 9.34. The highest BCUT2D eigenvalue weighted by Crippen LogP contribution is 2.29. The van der Waals surface area contributed by atoms with Gasteiger partial charge in [-0.25, -0.2) is 0 Å². The minimum absolute atomic E-state index is 0.0106. The number of aliphatic carboxylic acids is 1. The zero-order valence-corrected chi connectivity index (χ0v) is 14.8. The van der Waals surface area contributed by atoms with Gasteiger partial charge in [-0.3, -0.25) is 9.59 Å². The third kappa shape index (κ3) is 8.44. The van der Waals surface area contributed by atoms with Crippen molar-refractivity contribution in [2.45, 2.75) is 77.2 Å². The third-order valence-electron chi connectivity index (χ3n) is 4.63. The van der Waals surface area contributed by atoms with Gasteiger partial charge in [0.15, 0.2) is 5.78 Å². The van der Waals surface area contributed by atoms with Gasteiger partial charge in [0.25, 0.3) is 0 Å². The monoisotopic (exact) mass is 336 g/mol. The lowest BCUT2D eigenvalue weighted by atomic mass is 9.88. The van der Waals surface area contributed by atoms with E-state index in [0.29, 0.717) is 6.42 Å². The standard InChI is InChI=1S/C20H32O4/c1-2-3-6-9-17(21)14-12-16-13-15-19(22)18(16)10-7-4-5-8-11-20(23)24/h12-18,21H,2-11H2,1H3,(H,23,24)/t16-,17?,18-/m0/s1. The van der Waals surface area contributed by atoms with Gasteiger partial charge in [-0.05, 0) is 25.3 Å². The van der Waals surface area contributed by atoms with Crippen molar-refractivity contribution in [2.24, 2.45) is 11.8 Å². The van der Waals surface area contributed by atoms with Crippen LogP contribution in [0.2, 0.25) is 0 Å². The molecule has 0 saturated heterocycles. The fourth-order valence-corrected chi connectivity index (χ4v) is 3.14. The molecule has 1 aliphatic rings. The van der Waals surface area contributed by atoms with Gasteiger partial charge in [0.2, 0.25) is 0 Å². The summed E-state index contributed by atoms with van der Waals surface area (Å²) in [4.78, 5) is 22.4. The van der Waals surface area contributed by atoms with E-state index in [9.17, 15) is 14.7 Å². The van der Waals surface area contributed by atoms with E-state index in [2.05, 4.69) is 6.92 Å². The number of unbranched alkanes of at least 4 members (excludes halogenated alkanes) is 5. The molecule has 0 spiro atoms. The van der Waals surface area contributed by atoms with Gasteiger partial charge in [0.05, 0.1) is 6.10 Å². The van der Waals surface area contributed by atoms with Crippen LogP contribution in [-0.4, -0.2) is 28.1 Å². The van der Waals surface area contributed by atoms with Gasteiger partial charge in [-0.1, -0.05) is 63.7 Å². The minimum atomic E-state index is -0.743. The van der Waals surface area contributed by atoms with Crippen molar-refractivity contribution in [1.29, 1.82) is 0 Å². The Bertz CT molecular complexity index is 439. The van der Waals surface area contributed by atoms with E-state index in [4.69, 9.17) is 5.11 Å². The van der Waals surface area contributed by atoms with Crippen LogP contribution in [0.1, 0.15) is 71.1 Å². The Morgan fingerprint density at radius 2 is 1.96 bits per heavy atom. The normalized spacial score (nSPS) is 21.7. The van der Waals surface area contributed by atoms with Crippen LogP contribution in [0, 0.1) is 11.8 Å². The van der Waals surface area contributed by atoms with Crippen LogP contribution in [0.25, 0.3) is 0 Å². The van der Waals surface area contributed by atoms with Crippen molar-refractivity contribution in [1.82, 2.24) is 0 Å². The van der Waals surface area contributed by atoms with Crippen LogP contribution in [0.5, 0.6) is 0 Å². The van der Waals surface area contributed by atoms with Crippen molar-refractivity contribution >= 4 is 11.8 Å². The van der Waals surface area contributed by atoms with E-state index in [0.717, 1.165) is 51.4 Å². The number of aliphatic hydroxyl groups is 1. The Morgan fingerprint density at radius 1 is 1.21 bits per heavy atom. The molecule has 0 bridgehead atoms. The predicted molar refractivity (Wildman–Crippen MR) is 95.8 cm³/mol. The number of carbonyl (C=O) groups is 2. The second-order valence-corrected chi connectivity index (χ2v) is 6.74. The minimum Gasteiger partial charge on any atom is -0.481 e. The van der Waals surface area contributed by atoms with E-state index in [1.54, 1.807) is 6.08 Å². The summed E-state index contributed by atoms with van der Waals surface area (Å²) in [6.45, 7) is 2.14. The van der Waals surface area contributed by atoms with Crippen molar-refractivity contribution in [3.63, 3.8) is 0 Å². The molecule has 1 rings (SSSR count). The first-order valence-corrected chi connectivity index (χ1v) is 9.34. The van der Waals surface area contributed by atoms with Gasteiger partial charge in [0.1, 0.15) is 0 Å². The van der Waals surface area contributed by atoms with Crippen LogP contribution >= 0.6 is 0 Å². The topological polar surface area (TPSA) is 74.6 Å². The first-order chi connectivity index (χ1) is 11.5. The SMILES string of the molecule is CCCCCC(O)C=C[C@H]1C=CC(=O)[C@H]1CCCCCCC(=O)O. The van der Waals surface area contributed by atoms with Crippen molar-refractivity contribution < 1.29 is 19.8 Å². The lowest BCUT2D eigenvalue weighted by Gasteiger charge is -2.15. The number of hydrogen-bond donors (Lipinski definition) is 2. The highest BCUT2D eigenvalue weighted by Gasteiger charge is 2.27. The summed E-state index contributed by atoms with van der Waals surface area (Å²) < 4.78 is 0. The lowest BCUT2D eigenvalue weighted by Crippen LogP contribution is -2.15. The fourth-order valence-electron chi connectivity index (χ4n) is 3.14. The molecule has 0 aromatic carbocycles. The van der Waals surface area contributed by atoms with Gasteiger partial charge >= 0.3 is 5.97 Å². The van der Waals surface area contributed by atoms with E-state index >= 15 is 0 Å². The van der Waals surface area contributed by atoms with Crippen LogP contribution in [0.4, 0.5) is 0 Å². The molecule has 0 amide bonds. The molecule has 0 aliphatic heterocycles. The maximum absolute atomic E-state index is 12.0. The molecule has 1 aliphatic carbocycles. The van der Waals surface area contributed by atoms with Crippen molar-refractivity contribution in [3.8, 4) is 0 Å². The lowest BCUT2D eigenvalue weighted by molar-refractivity contribution is -0.137. The maximum Gasteiger partial charge on any atom is 0.303 e. The highest BCUT2D eigenvalue weighted by molar-refractivity contribution is 5.94. The largest absolute Gasteiger partial charge is 0.481 e. The Morgan fingerprint density at radius 3 is 2.67 bits per heavy atom. The van der Waals surface area contributed by atoms with Crippen molar-refractivity contribution in [3.05, 3.63) is 24.3 Å². The molecule has 0 fully saturated rings. The maximum atomic E-state index is 12.0. The van der Waals surface area contributed by atoms with Gasteiger partial charge < -0.3 is 10.2 Å². The zero-order valence-electron chi connectivity index (χ0n) is 14.8. The summed E-state index contributed by atoms with van der Waals surface area (Å²) in [5, 5.41) is 18.6. The molecule has 24 heavy (non-hydrogen) atoms.